The number of aryl methyl sites for hydroxylation is 3. The number of halogens is 1. The van der Waals surface area contributed by atoms with Crippen LogP contribution in [-0.4, -0.2) is 10.9 Å². The third-order valence-electron chi connectivity index (χ3n) is 3.64. The van der Waals surface area contributed by atoms with Crippen molar-refractivity contribution in [2.45, 2.75) is 20.8 Å². The summed E-state index contributed by atoms with van der Waals surface area (Å²) >= 11 is 4.01. The standard InChI is InChI=1S/C17H17IN2S2/c1-10-7-11(2)15(12(3)8-10)13-5-4-6-14-16(13)20-17(22-14)19-9-21-18/h4-8H,9H2,1-3H3,(H,19,20). The molecule has 114 valence electrons. The summed E-state index contributed by atoms with van der Waals surface area (Å²) in [6.45, 7) is 6.52. The SMILES string of the molecule is Cc1cc(C)c(-c2cccc3sc(NCSI)nc23)c(C)c1. The number of thiazole rings is 1. The summed E-state index contributed by atoms with van der Waals surface area (Å²) in [7, 11) is 1.74. The lowest BCUT2D eigenvalue weighted by molar-refractivity contribution is 1.32. The monoisotopic (exact) mass is 440 g/mol. The highest BCUT2D eigenvalue weighted by Crippen LogP contribution is 2.37. The van der Waals surface area contributed by atoms with Gasteiger partial charge in [0, 0.05) is 5.56 Å². The Hall–Kier alpha value is -0.790. The molecule has 0 saturated heterocycles. The third-order valence-corrected chi connectivity index (χ3v) is 5.81. The van der Waals surface area contributed by atoms with E-state index in [-0.39, 0.29) is 0 Å². The second-order valence-corrected chi connectivity index (χ2v) is 8.78. The Kier molecular flexibility index (Phi) is 4.94. The van der Waals surface area contributed by atoms with Crippen LogP contribution in [0.3, 0.4) is 0 Å². The largest absolute Gasteiger partial charge is 0.352 e. The van der Waals surface area contributed by atoms with Crippen molar-refractivity contribution in [2.24, 2.45) is 0 Å². The maximum Gasteiger partial charge on any atom is 0.184 e. The Morgan fingerprint density at radius 1 is 1.18 bits per heavy atom. The number of para-hydroxylation sites is 1. The van der Waals surface area contributed by atoms with Crippen LogP contribution in [0.4, 0.5) is 5.13 Å². The van der Waals surface area contributed by atoms with E-state index in [1.165, 1.54) is 32.5 Å². The van der Waals surface area contributed by atoms with Gasteiger partial charge in [-0.2, -0.15) is 0 Å². The molecule has 1 N–H and O–H groups in total. The van der Waals surface area contributed by atoms with Gasteiger partial charge in [-0.1, -0.05) is 50.1 Å². The molecule has 2 nitrogen and oxygen atoms in total. The molecule has 0 amide bonds. The first-order chi connectivity index (χ1) is 10.6. The Morgan fingerprint density at radius 3 is 2.59 bits per heavy atom. The number of hydrogen-bond acceptors (Lipinski definition) is 4. The predicted octanol–water partition coefficient (Wildman–Crippen LogP) is 6.34. The van der Waals surface area contributed by atoms with Crippen LogP contribution in [0, 0.1) is 20.8 Å². The maximum atomic E-state index is 4.82. The summed E-state index contributed by atoms with van der Waals surface area (Å²) in [6, 6.07) is 11.0. The molecule has 0 bridgehead atoms. The van der Waals surface area contributed by atoms with E-state index in [0.29, 0.717) is 0 Å². The zero-order valence-corrected chi connectivity index (χ0v) is 16.5. The van der Waals surface area contributed by atoms with Crippen LogP contribution in [0.15, 0.2) is 30.3 Å². The smallest absolute Gasteiger partial charge is 0.184 e. The van der Waals surface area contributed by atoms with E-state index in [0.717, 1.165) is 16.5 Å². The van der Waals surface area contributed by atoms with Crippen molar-refractivity contribution >= 4 is 56.8 Å². The number of aromatic nitrogens is 1. The average molecular weight is 440 g/mol. The van der Waals surface area contributed by atoms with Crippen LogP contribution >= 0.6 is 41.5 Å². The highest BCUT2D eigenvalue weighted by atomic mass is 127. The molecule has 0 saturated carbocycles. The van der Waals surface area contributed by atoms with Crippen molar-refractivity contribution in [3.63, 3.8) is 0 Å². The highest BCUT2D eigenvalue weighted by molar-refractivity contribution is 14.2. The number of nitrogens with zero attached hydrogens (tertiary/aromatic N) is 1. The molecule has 0 atom stereocenters. The molecule has 2 aromatic carbocycles. The van der Waals surface area contributed by atoms with Gasteiger partial charge in [-0.25, -0.2) is 4.98 Å². The minimum absolute atomic E-state index is 0.873. The molecule has 22 heavy (non-hydrogen) atoms. The van der Waals surface area contributed by atoms with E-state index < -0.39 is 0 Å². The van der Waals surface area contributed by atoms with Crippen molar-refractivity contribution in [3.8, 4) is 11.1 Å². The van der Waals surface area contributed by atoms with Gasteiger partial charge in [-0.15, -0.1) is 0 Å². The molecule has 0 aliphatic carbocycles. The fourth-order valence-corrected chi connectivity index (χ4v) is 4.56. The van der Waals surface area contributed by atoms with Gasteiger partial charge in [0.15, 0.2) is 5.13 Å². The van der Waals surface area contributed by atoms with E-state index in [9.17, 15) is 0 Å². The zero-order valence-electron chi connectivity index (χ0n) is 12.7. The van der Waals surface area contributed by atoms with Crippen LogP contribution in [0.5, 0.6) is 0 Å². The number of fused-ring (bicyclic) bond motifs is 1. The Bertz CT molecular complexity index is 804. The molecule has 0 unspecified atom stereocenters. The molecule has 0 aliphatic heterocycles. The van der Waals surface area contributed by atoms with Crippen LogP contribution < -0.4 is 5.32 Å². The van der Waals surface area contributed by atoms with E-state index >= 15 is 0 Å². The van der Waals surface area contributed by atoms with Gasteiger partial charge in [-0.3, -0.25) is 0 Å². The molecule has 0 spiro atoms. The molecule has 1 heterocycles. The van der Waals surface area contributed by atoms with Gasteiger partial charge in [0.05, 0.1) is 16.1 Å². The number of nitrogens with one attached hydrogen (secondary N) is 1. The van der Waals surface area contributed by atoms with E-state index in [2.05, 4.69) is 77.6 Å². The van der Waals surface area contributed by atoms with Gasteiger partial charge in [0.1, 0.15) is 0 Å². The number of benzene rings is 2. The average Bonchev–Trinajstić information content (AvgIpc) is 2.87. The van der Waals surface area contributed by atoms with Crippen molar-refractivity contribution < 1.29 is 0 Å². The highest BCUT2D eigenvalue weighted by Gasteiger charge is 2.13. The fourth-order valence-electron chi connectivity index (χ4n) is 2.92. The Morgan fingerprint density at radius 2 is 1.91 bits per heavy atom. The second-order valence-electron chi connectivity index (χ2n) is 5.38. The van der Waals surface area contributed by atoms with Crippen LogP contribution in [0.1, 0.15) is 16.7 Å². The summed E-state index contributed by atoms with van der Waals surface area (Å²) in [4.78, 5) is 4.82. The summed E-state index contributed by atoms with van der Waals surface area (Å²) < 4.78 is 1.23. The summed E-state index contributed by atoms with van der Waals surface area (Å²) in [5, 5.41) is 4.36. The summed E-state index contributed by atoms with van der Waals surface area (Å²) in [6.07, 6.45) is 0. The minimum atomic E-state index is 0.873. The first kappa shape index (κ1) is 16.1. The molecule has 3 rings (SSSR count). The van der Waals surface area contributed by atoms with Gasteiger partial charge in [0.25, 0.3) is 0 Å². The summed E-state index contributed by atoms with van der Waals surface area (Å²) in [5.41, 5.74) is 7.59. The fraction of sp³-hybridized carbons (Fsp3) is 0.235. The quantitative estimate of drug-likeness (QED) is 0.379. The second kappa shape index (κ2) is 6.76. The molecule has 5 heteroatoms. The van der Waals surface area contributed by atoms with Gasteiger partial charge < -0.3 is 5.32 Å². The molecule has 3 aromatic rings. The lowest BCUT2D eigenvalue weighted by Gasteiger charge is -2.12. The Labute approximate surface area is 151 Å². The van der Waals surface area contributed by atoms with Crippen molar-refractivity contribution in [1.82, 2.24) is 4.98 Å². The van der Waals surface area contributed by atoms with E-state index in [1.54, 1.807) is 20.3 Å². The topological polar surface area (TPSA) is 24.9 Å². The van der Waals surface area contributed by atoms with Crippen LogP contribution in [0.25, 0.3) is 21.3 Å². The number of anilines is 1. The number of hydrogen-bond donors (Lipinski definition) is 1. The van der Waals surface area contributed by atoms with Crippen molar-refractivity contribution in [2.75, 3.05) is 11.2 Å². The lowest BCUT2D eigenvalue weighted by Crippen LogP contribution is -1.94. The van der Waals surface area contributed by atoms with Gasteiger partial charge in [-0.05, 0) is 64.7 Å². The maximum absolute atomic E-state index is 4.82. The Balaban J connectivity index is 2.17. The van der Waals surface area contributed by atoms with E-state index in [1.807, 2.05) is 0 Å². The van der Waals surface area contributed by atoms with Crippen LogP contribution in [0.2, 0.25) is 0 Å². The first-order valence-electron chi connectivity index (χ1n) is 7.05. The van der Waals surface area contributed by atoms with Crippen molar-refractivity contribution in [1.29, 1.82) is 0 Å². The third kappa shape index (κ3) is 3.12. The van der Waals surface area contributed by atoms with Crippen molar-refractivity contribution in [3.05, 3.63) is 47.0 Å². The predicted molar refractivity (Wildman–Crippen MR) is 109 cm³/mol. The summed E-state index contributed by atoms with van der Waals surface area (Å²) in [5.74, 6) is 0.873. The van der Waals surface area contributed by atoms with E-state index in [4.69, 9.17) is 4.98 Å². The molecule has 0 fully saturated rings. The number of rotatable bonds is 4. The van der Waals surface area contributed by atoms with Gasteiger partial charge in [0.2, 0.25) is 0 Å². The minimum Gasteiger partial charge on any atom is -0.352 e. The first-order valence-corrected chi connectivity index (χ1v) is 11.4. The molecule has 0 radical (unpaired) electrons. The zero-order chi connectivity index (χ0) is 15.7. The molecular formula is C17H17IN2S2. The van der Waals surface area contributed by atoms with Gasteiger partial charge >= 0.3 is 0 Å². The van der Waals surface area contributed by atoms with Crippen LogP contribution in [-0.2, 0) is 0 Å². The molecule has 1 aromatic heterocycles. The lowest BCUT2D eigenvalue weighted by atomic mass is 9.93. The normalized spacial score (nSPS) is 11.1. The molecule has 0 aliphatic rings. The molecular weight excluding hydrogens is 423 g/mol.